The van der Waals surface area contributed by atoms with E-state index < -0.39 is 0 Å². The SMILES string of the molecule is Cc1cc(Cl)c(OCCOc2ccc(CC(CN)C(=O)N(Cc3cccc(Cl)c3Cl)C3CC3)cc2)c(Cl)c1. The van der Waals surface area contributed by atoms with E-state index in [0.29, 0.717) is 57.8 Å². The van der Waals surface area contributed by atoms with E-state index in [1.807, 2.05) is 48.2 Å². The summed E-state index contributed by atoms with van der Waals surface area (Å²) in [6.45, 7) is 3.21. The standard InChI is InChI=1S/C29H30Cl4N2O3/c1-18-13-25(31)28(26(32)14-18)38-12-11-37-23-9-5-19(6-10-23)15-21(16-34)29(36)35(22-7-8-22)17-20-3-2-4-24(30)27(20)33/h2-6,9-10,13-14,21-22H,7-8,11-12,15-17,34H2,1H3. The van der Waals surface area contributed by atoms with Crippen molar-refractivity contribution in [3.8, 4) is 11.5 Å². The van der Waals surface area contributed by atoms with Gasteiger partial charge in [0.2, 0.25) is 5.91 Å². The van der Waals surface area contributed by atoms with Crippen molar-refractivity contribution < 1.29 is 14.3 Å². The molecule has 3 aromatic carbocycles. The highest BCUT2D eigenvalue weighted by Crippen LogP contribution is 2.35. The fourth-order valence-electron chi connectivity index (χ4n) is 4.27. The number of nitrogens with zero attached hydrogens (tertiary/aromatic N) is 1. The second kappa shape index (κ2) is 13.3. The van der Waals surface area contributed by atoms with Crippen LogP contribution in [0.5, 0.6) is 11.5 Å². The van der Waals surface area contributed by atoms with Gasteiger partial charge in [0.05, 0.1) is 26.0 Å². The van der Waals surface area contributed by atoms with Gasteiger partial charge in [0.15, 0.2) is 5.75 Å². The highest BCUT2D eigenvalue weighted by Gasteiger charge is 2.35. The van der Waals surface area contributed by atoms with Crippen molar-refractivity contribution in [2.75, 3.05) is 19.8 Å². The van der Waals surface area contributed by atoms with E-state index in [9.17, 15) is 4.79 Å². The molecule has 0 spiro atoms. The molecule has 1 amide bonds. The average molecular weight is 596 g/mol. The number of carbonyl (C=O) groups is 1. The smallest absolute Gasteiger partial charge is 0.227 e. The summed E-state index contributed by atoms with van der Waals surface area (Å²) in [5, 5.41) is 1.92. The van der Waals surface area contributed by atoms with Gasteiger partial charge in [0, 0.05) is 19.1 Å². The van der Waals surface area contributed by atoms with E-state index >= 15 is 0 Å². The Morgan fingerprint density at radius 3 is 2.26 bits per heavy atom. The number of hydrogen-bond donors (Lipinski definition) is 1. The molecule has 1 atom stereocenters. The van der Waals surface area contributed by atoms with Crippen molar-refractivity contribution in [3.05, 3.63) is 91.4 Å². The summed E-state index contributed by atoms with van der Waals surface area (Å²) in [4.78, 5) is 15.4. The maximum absolute atomic E-state index is 13.5. The molecule has 0 radical (unpaired) electrons. The molecule has 5 nitrogen and oxygen atoms in total. The van der Waals surface area contributed by atoms with E-state index in [0.717, 1.165) is 29.5 Å². The van der Waals surface area contributed by atoms with Gasteiger partial charge in [-0.05, 0) is 73.2 Å². The minimum Gasteiger partial charge on any atom is -0.490 e. The van der Waals surface area contributed by atoms with Gasteiger partial charge < -0.3 is 20.1 Å². The molecule has 1 aliphatic carbocycles. The molecule has 9 heteroatoms. The van der Waals surface area contributed by atoms with Crippen molar-refractivity contribution in [2.24, 2.45) is 11.7 Å². The number of nitrogens with two attached hydrogens (primary N) is 1. The number of rotatable bonds is 12. The van der Waals surface area contributed by atoms with Crippen LogP contribution in [0.1, 0.15) is 29.5 Å². The maximum Gasteiger partial charge on any atom is 0.227 e. The van der Waals surface area contributed by atoms with Crippen LogP contribution in [0.25, 0.3) is 0 Å². The van der Waals surface area contributed by atoms with E-state index in [2.05, 4.69) is 0 Å². The molecule has 38 heavy (non-hydrogen) atoms. The third-order valence-corrected chi connectivity index (χ3v) is 7.84. The molecule has 1 aliphatic rings. The Bertz CT molecular complexity index is 1240. The molecule has 0 aromatic heterocycles. The number of amides is 1. The first-order valence-electron chi connectivity index (χ1n) is 12.5. The Kier molecular flexibility index (Phi) is 10.1. The zero-order valence-electron chi connectivity index (χ0n) is 21.1. The quantitative estimate of drug-likeness (QED) is 0.222. The second-order valence-corrected chi connectivity index (χ2v) is 11.0. The molecular formula is C29H30Cl4N2O3. The van der Waals surface area contributed by atoms with E-state index in [4.69, 9.17) is 61.6 Å². The first-order valence-corrected chi connectivity index (χ1v) is 14.0. The molecule has 2 N–H and O–H groups in total. The van der Waals surface area contributed by atoms with Gasteiger partial charge in [-0.1, -0.05) is 70.7 Å². The Labute approximate surface area is 243 Å². The lowest BCUT2D eigenvalue weighted by atomic mass is 9.97. The summed E-state index contributed by atoms with van der Waals surface area (Å²) in [6.07, 6.45) is 2.51. The van der Waals surface area contributed by atoms with Gasteiger partial charge >= 0.3 is 0 Å². The van der Waals surface area contributed by atoms with Crippen LogP contribution in [0, 0.1) is 12.8 Å². The molecular weight excluding hydrogens is 566 g/mol. The van der Waals surface area contributed by atoms with Crippen LogP contribution in [0.15, 0.2) is 54.6 Å². The van der Waals surface area contributed by atoms with Crippen molar-refractivity contribution in [2.45, 2.75) is 38.8 Å². The second-order valence-electron chi connectivity index (χ2n) is 9.45. The monoisotopic (exact) mass is 594 g/mol. The van der Waals surface area contributed by atoms with Gasteiger partial charge in [-0.3, -0.25) is 4.79 Å². The van der Waals surface area contributed by atoms with Crippen LogP contribution < -0.4 is 15.2 Å². The lowest BCUT2D eigenvalue weighted by Crippen LogP contribution is -2.41. The van der Waals surface area contributed by atoms with Crippen molar-refractivity contribution in [3.63, 3.8) is 0 Å². The van der Waals surface area contributed by atoms with Crippen LogP contribution in [-0.4, -0.2) is 36.6 Å². The predicted octanol–water partition coefficient (Wildman–Crippen LogP) is 7.38. The van der Waals surface area contributed by atoms with Crippen molar-refractivity contribution >= 4 is 52.3 Å². The summed E-state index contributed by atoms with van der Waals surface area (Å²) in [6, 6.07) is 17.0. The predicted molar refractivity (Wildman–Crippen MR) is 155 cm³/mol. The Morgan fingerprint density at radius 1 is 0.974 bits per heavy atom. The molecule has 1 fully saturated rings. The molecule has 0 heterocycles. The van der Waals surface area contributed by atoms with Crippen LogP contribution >= 0.6 is 46.4 Å². The zero-order valence-corrected chi connectivity index (χ0v) is 24.1. The first kappa shape index (κ1) is 28.8. The Morgan fingerprint density at radius 2 is 1.63 bits per heavy atom. The van der Waals surface area contributed by atoms with Crippen LogP contribution in [0.2, 0.25) is 20.1 Å². The minimum absolute atomic E-state index is 0.0388. The van der Waals surface area contributed by atoms with Crippen molar-refractivity contribution in [1.82, 2.24) is 4.90 Å². The highest BCUT2D eigenvalue weighted by molar-refractivity contribution is 6.42. The fraction of sp³-hybridized carbons (Fsp3) is 0.345. The molecule has 0 bridgehead atoms. The number of carbonyl (C=O) groups excluding carboxylic acids is 1. The van der Waals surface area contributed by atoms with Gasteiger partial charge in [-0.2, -0.15) is 0 Å². The normalized spacial score (nSPS) is 13.7. The largest absolute Gasteiger partial charge is 0.490 e. The zero-order chi connectivity index (χ0) is 27.2. The van der Waals surface area contributed by atoms with Gasteiger partial charge in [-0.25, -0.2) is 0 Å². The number of aryl methyl sites for hydroxylation is 1. The molecule has 4 rings (SSSR count). The lowest BCUT2D eigenvalue weighted by Gasteiger charge is -2.27. The number of hydrogen-bond acceptors (Lipinski definition) is 4. The molecule has 1 unspecified atom stereocenters. The summed E-state index contributed by atoms with van der Waals surface area (Å²) in [7, 11) is 0. The fourth-order valence-corrected chi connectivity index (χ4v) is 5.35. The summed E-state index contributed by atoms with van der Waals surface area (Å²) in [5.41, 5.74) is 8.88. The van der Waals surface area contributed by atoms with Crippen LogP contribution in [0.4, 0.5) is 0 Å². The molecule has 1 saturated carbocycles. The summed E-state index contributed by atoms with van der Waals surface area (Å²) >= 11 is 25.0. The van der Waals surface area contributed by atoms with Gasteiger partial charge in [0.25, 0.3) is 0 Å². The van der Waals surface area contributed by atoms with Crippen LogP contribution in [0.3, 0.4) is 0 Å². The maximum atomic E-state index is 13.5. The third kappa shape index (κ3) is 7.49. The van der Waals surface area contributed by atoms with E-state index in [-0.39, 0.29) is 24.4 Å². The Hall–Kier alpha value is -2.15. The van der Waals surface area contributed by atoms with Crippen molar-refractivity contribution in [1.29, 1.82) is 0 Å². The average Bonchev–Trinajstić information content (AvgIpc) is 3.73. The number of ether oxygens (including phenoxy) is 2. The minimum atomic E-state index is -0.335. The summed E-state index contributed by atoms with van der Waals surface area (Å²) < 4.78 is 11.5. The van der Waals surface area contributed by atoms with E-state index in [1.54, 1.807) is 18.2 Å². The molecule has 3 aromatic rings. The highest BCUT2D eigenvalue weighted by atomic mass is 35.5. The van der Waals surface area contributed by atoms with Gasteiger partial charge in [-0.15, -0.1) is 0 Å². The number of benzene rings is 3. The van der Waals surface area contributed by atoms with Crippen LogP contribution in [-0.2, 0) is 17.8 Å². The number of halogens is 4. The summed E-state index contributed by atoms with van der Waals surface area (Å²) in [5.74, 6) is 0.854. The van der Waals surface area contributed by atoms with Gasteiger partial charge in [0.1, 0.15) is 19.0 Å². The topological polar surface area (TPSA) is 64.8 Å². The molecule has 0 aliphatic heterocycles. The molecule has 202 valence electrons. The first-order chi connectivity index (χ1) is 18.3. The lowest BCUT2D eigenvalue weighted by molar-refractivity contribution is -0.136. The van der Waals surface area contributed by atoms with E-state index in [1.165, 1.54) is 0 Å². The molecule has 0 saturated heterocycles. The Balaban J connectivity index is 1.31. The third-order valence-electron chi connectivity index (χ3n) is 6.42.